The average Bonchev–Trinajstić information content (AvgIpc) is 2.37. The number of hydrogen-bond acceptors (Lipinski definition) is 3. The Morgan fingerprint density at radius 1 is 1.29 bits per heavy atom. The molecule has 1 saturated heterocycles. The molecule has 0 aromatic heterocycles. The molecule has 0 bridgehead atoms. The van der Waals surface area contributed by atoms with Gasteiger partial charge in [-0.1, -0.05) is 15.9 Å². The SMILES string of the molecule is NC1(C(=O)Nc2cc(Br)cc(C(F)(F)F)c2)CCOCC1. The first kappa shape index (κ1) is 16.3. The molecule has 1 aliphatic heterocycles. The Morgan fingerprint density at radius 2 is 1.90 bits per heavy atom. The van der Waals surface area contributed by atoms with Crippen LogP contribution in [-0.2, 0) is 15.7 Å². The monoisotopic (exact) mass is 366 g/mol. The Hall–Kier alpha value is -1.12. The number of nitrogens with one attached hydrogen (secondary N) is 1. The van der Waals surface area contributed by atoms with Crippen molar-refractivity contribution in [2.24, 2.45) is 5.73 Å². The molecule has 0 atom stereocenters. The molecule has 3 N–H and O–H groups in total. The highest BCUT2D eigenvalue weighted by atomic mass is 79.9. The van der Waals surface area contributed by atoms with E-state index in [1.807, 2.05) is 0 Å². The van der Waals surface area contributed by atoms with Gasteiger partial charge in [-0.15, -0.1) is 0 Å². The van der Waals surface area contributed by atoms with Crippen LogP contribution in [0.4, 0.5) is 18.9 Å². The van der Waals surface area contributed by atoms with Crippen molar-refractivity contribution in [1.82, 2.24) is 0 Å². The van der Waals surface area contributed by atoms with Crippen molar-refractivity contribution in [3.8, 4) is 0 Å². The van der Waals surface area contributed by atoms with Gasteiger partial charge in [-0.05, 0) is 31.0 Å². The van der Waals surface area contributed by atoms with Crippen molar-refractivity contribution < 1.29 is 22.7 Å². The van der Waals surface area contributed by atoms with Gasteiger partial charge >= 0.3 is 6.18 Å². The predicted molar refractivity (Wildman–Crippen MR) is 74.7 cm³/mol. The fraction of sp³-hybridized carbons (Fsp3) is 0.462. The molecule has 4 nitrogen and oxygen atoms in total. The summed E-state index contributed by atoms with van der Waals surface area (Å²) in [5, 5.41) is 2.46. The van der Waals surface area contributed by atoms with Crippen molar-refractivity contribution in [2.75, 3.05) is 18.5 Å². The van der Waals surface area contributed by atoms with Crippen LogP contribution in [0.2, 0.25) is 0 Å². The number of anilines is 1. The molecule has 1 aromatic carbocycles. The van der Waals surface area contributed by atoms with Crippen LogP contribution in [0.25, 0.3) is 0 Å². The minimum Gasteiger partial charge on any atom is -0.381 e. The summed E-state index contributed by atoms with van der Waals surface area (Å²) in [4.78, 5) is 12.2. The van der Waals surface area contributed by atoms with E-state index in [0.717, 1.165) is 12.1 Å². The number of amides is 1. The number of ether oxygens (including phenoxy) is 1. The molecule has 0 saturated carbocycles. The average molecular weight is 367 g/mol. The summed E-state index contributed by atoms with van der Waals surface area (Å²) in [6, 6.07) is 3.23. The van der Waals surface area contributed by atoms with E-state index in [-0.39, 0.29) is 10.2 Å². The lowest BCUT2D eigenvalue weighted by Crippen LogP contribution is -2.54. The van der Waals surface area contributed by atoms with E-state index in [0.29, 0.717) is 26.1 Å². The minimum atomic E-state index is -4.48. The van der Waals surface area contributed by atoms with Gasteiger partial charge in [-0.25, -0.2) is 0 Å². The highest BCUT2D eigenvalue weighted by Gasteiger charge is 2.36. The maximum absolute atomic E-state index is 12.7. The molecule has 0 radical (unpaired) electrons. The van der Waals surface area contributed by atoms with Crippen molar-refractivity contribution >= 4 is 27.5 Å². The van der Waals surface area contributed by atoms with Crippen molar-refractivity contribution in [2.45, 2.75) is 24.6 Å². The summed E-state index contributed by atoms with van der Waals surface area (Å²) in [6.45, 7) is 0.715. The van der Waals surface area contributed by atoms with E-state index < -0.39 is 23.2 Å². The molecular formula is C13H14BrF3N2O2. The van der Waals surface area contributed by atoms with Crippen LogP contribution >= 0.6 is 15.9 Å². The van der Waals surface area contributed by atoms with Crippen LogP contribution in [0.3, 0.4) is 0 Å². The first-order chi connectivity index (χ1) is 9.71. The largest absolute Gasteiger partial charge is 0.416 e. The minimum absolute atomic E-state index is 0.0537. The normalized spacial score (nSPS) is 18.3. The topological polar surface area (TPSA) is 64.4 Å². The third kappa shape index (κ3) is 3.96. The van der Waals surface area contributed by atoms with Crippen LogP contribution in [0.1, 0.15) is 18.4 Å². The number of rotatable bonds is 2. The quantitative estimate of drug-likeness (QED) is 0.845. The van der Waals surface area contributed by atoms with Gasteiger partial charge in [0.25, 0.3) is 0 Å². The Kier molecular flexibility index (Phi) is 4.60. The Labute approximate surface area is 128 Å². The van der Waals surface area contributed by atoms with Gasteiger partial charge in [0, 0.05) is 23.4 Å². The van der Waals surface area contributed by atoms with Gasteiger partial charge in [-0.3, -0.25) is 4.79 Å². The summed E-state index contributed by atoms with van der Waals surface area (Å²) in [5.41, 5.74) is 4.09. The van der Waals surface area contributed by atoms with Crippen LogP contribution < -0.4 is 11.1 Å². The van der Waals surface area contributed by atoms with E-state index >= 15 is 0 Å². The van der Waals surface area contributed by atoms with Crippen LogP contribution in [-0.4, -0.2) is 24.7 Å². The molecule has 1 fully saturated rings. The molecule has 116 valence electrons. The van der Waals surface area contributed by atoms with Gasteiger partial charge in [-0.2, -0.15) is 13.2 Å². The smallest absolute Gasteiger partial charge is 0.381 e. The molecule has 21 heavy (non-hydrogen) atoms. The van der Waals surface area contributed by atoms with Crippen LogP contribution in [0, 0.1) is 0 Å². The van der Waals surface area contributed by atoms with Crippen molar-refractivity contribution in [1.29, 1.82) is 0 Å². The molecule has 1 aliphatic rings. The van der Waals surface area contributed by atoms with E-state index in [2.05, 4.69) is 21.2 Å². The highest BCUT2D eigenvalue weighted by Crippen LogP contribution is 2.33. The molecule has 1 heterocycles. The standard InChI is InChI=1S/C13H14BrF3N2O2/c14-9-5-8(13(15,16)17)6-10(7-9)19-11(20)12(18)1-3-21-4-2-12/h5-7H,1-4,18H2,(H,19,20). The van der Waals surface area contributed by atoms with E-state index in [1.165, 1.54) is 6.07 Å². The molecule has 2 rings (SSSR count). The maximum atomic E-state index is 12.7. The fourth-order valence-corrected chi connectivity index (χ4v) is 2.54. The number of halogens is 4. The lowest BCUT2D eigenvalue weighted by atomic mass is 9.90. The van der Waals surface area contributed by atoms with E-state index in [1.54, 1.807) is 0 Å². The number of benzene rings is 1. The lowest BCUT2D eigenvalue weighted by Gasteiger charge is -2.31. The summed E-state index contributed by atoms with van der Waals surface area (Å²) in [6.07, 6.45) is -3.82. The molecule has 1 aromatic rings. The second kappa shape index (κ2) is 5.94. The zero-order valence-corrected chi connectivity index (χ0v) is 12.6. The van der Waals surface area contributed by atoms with Crippen LogP contribution in [0.5, 0.6) is 0 Å². The van der Waals surface area contributed by atoms with Gasteiger partial charge in [0.15, 0.2) is 0 Å². The number of nitrogens with two attached hydrogens (primary N) is 1. The fourth-order valence-electron chi connectivity index (χ4n) is 2.04. The van der Waals surface area contributed by atoms with Crippen molar-refractivity contribution in [3.05, 3.63) is 28.2 Å². The second-order valence-corrected chi connectivity index (χ2v) is 5.86. The molecule has 8 heteroatoms. The Bertz CT molecular complexity index is 543. The van der Waals surface area contributed by atoms with E-state index in [9.17, 15) is 18.0 Å². The second-order valence-electron chi connectivity index (χ2n) is 4.95. The van der Waals surface area contributed by atoms with Gasteiger partial charge in [0.1, 0.15) is 5.54 Å². The number of hydrogen-bond donors (Lipinski definition) is 2. The lowest BCUT2D eigenvalue weighted by molar-refractivity contribution is -0.137. The number of carbonyl (C=O) groups is 1. The summed E-state index contributed by atoms with van der Waals surface area (Å²) >= 11 is 3.00. The predicted octanol–water partition coefficient (Wildman–Crippen LogP) is 2.91. The molecule has 0 spiro atoms. The van der Waals surface area contributed by atoms with E-state index in [4.69, 9.17) is 10.5 Å². The van der Waals surface area contributed by atoms with Crippen molar-refractivity contribution in [3.63, 3.8) is 0 Å². The molecule has 0 aliphatic carbocycles. The maximum Gasteiger partial charge on any atom is 0.416 e. The Morgan fingerprint density at radius 3 is 2.48 bits per heavy atom. The molecular weight excluding hydrogens is 353 g/mol. The number of alkyl halides is 3. The van der Waals surface area contributed by atoms with Gasteiger partial charge in [0.2, 0.25) is 5.91 Å². The summed E-state index contributed by atoms with van der Waals surface area (Å²) < 4.78 is 43.6. The third-order valence-electron chi connectivity index (χ3n) is 3.32. The Balaban J connectivity index is 2.19. The molecule has 0 unspecified atom stereocenters. The van der Waals surface area contributed by atoms with Crippen LogP contribution in [0.15, 0.2) is 22.7 Å². The first-order valence-corrected chi connectivity index (χ1v) is 7.06. The zero-order valence-electron chi connectivity index (χ0n) is 11.0. The first-order valence-electron chi connectivity index (χ1n) is 6.27. The number of carbonyl (C=O) groups excluding carboxylic acids is 1. The third-order valence-corrected chi connectivity index (χ3v) is 3.78. The van der Waals surface area contributed by atoms with Gasteiger partial charge in [0.05, 0.1) is 5.56 Å². The van der Waals surface area contributed by atoms with Gasteiger partial charge < -0.3 is 15.8 Å². The summed E-state index contributed by atoms with van der Waals surface area (Å²) in [5.74, 6) is -0.503. The highest BCUT2D eigenvalue weighted by molar-refractivity contribution is 9.10. The molecule has 1 amide bonds. The zero-order chi connectivity index (χ0) is 15.7. The summed E-state index contributed by atoms with van der Waals surface area (Å²) in [7, 11) is 0.